The first kappa shape index (κ1) is 19.3. The van der Waals surface area contributed by atoms with Gasteiger partial charge in [-0.05, 0) is 54.4 Å². The number of rotatable bonds is 4. The van der Waals surface area contributed by atoms with E-state index >= 15 is 0 Å². The first-order valence-corrected chi connectivity index (χ1v) is 9.79. The molecule has 4 rings (SSSR count). The van der Waals surface area contributed by atoms with E-state index in [0.29, 0.717) is 32.8 Å². The summed E-state index contributed by atoms with van der Waals surface area (Å²) in [7, 11) is 0. The molecule has 5 heteroatoms. The molecular weight excluding hydrogens is 405 g/mol. The van der Waals surface area contributed by atoms with E-state index in [4.69, 9.17) is 27.6 Å². The number of hydrogen-bond acceptors (Lipinski definition) is 2. The van der Waals surface area contributed by atoms with Crippen LogP contribution in [0.5, 0.6) is 0 Å². The molecule has 0 spiro atoms. The van der Waals surface area contributed by atoms with Gasteiger partial charge >= 0.3 is 0 Å². The van der Waals surface area contributed by atoms with Crippen LogP contribution in [0.25, 0.3) is 22.5 Å². The molecule has 0 aliphatic rings. The zero-order valence-corrected chi connectivity index (χ0v) is 17.1. The molecule has 0 radical (unpaired) electrons. The predicted octanol–water partition coefficient (Wildman–Crippen LogP) is 7.48. The Morgan fingerprint density at radius 1 is 0.793 bits per heavy atom. The fourth-order valence-corrected chi connectivity index (χ4v) is 3.65. The smallest absolute Gasteiger partial charge is 0.259 e. The van der Waals surface area contributed by atoms with Gasteiger partial charge in [0.2, 0.25) is 0 Å². The maximum Gasteiger partial charge on any atom is 0.259 e. The Bertz CT molecular complexity index is 1150. The number of amides is 1. The fourth-order valence-electron chi connectivity index (χ4n) is 3.12. The summed E-state index contributed by atoms with van der Waals surface area (Å²) < 4.78 is 5.77. The Hall–Kier alpha value is -3.01. The quantitative estimate of drug-likeness (QED) is 0.370. The van der Waals surface area contributed by atoms with E-state index in [1.165, 1.54) is 0 Å². The molecule has 29 heavy (non-hydrogen) atoms. The normalized spacial score (nSPS) is 10.7. The highest BCUT2D eigenvalue weighted by Crippen LogP contribution is 2.31. The van der Waals surface area contributed by atoms with E-state index in [0.717, 1.165) is 16.7 Å². The summed E-state index contributed by atoms with van der Waals surface area (Å²) >= 11 is 12.1. The number of benzene rings is 3. The highest BCUT2D eigenvalue weighted by atomic mass is 35.5. The van der Waals surface area contributed by atoms with Gasteiger partial charge < -0.3 is 9.73 Å². The molecule has 1 heterocycles. The van der Waals surface area contributed by atoms with Gasteiger partial charge in [0.15, 0.2) is 0 Å². The van der Waals surface area contributed by atoms with Gasteiger partial charge in [-0.15, -0.1) is 0 Å². The second kappa shape index (κ2) is 8.16. The van der Waals surface area contributed by atoms with Crippen LogP contribution in [0.1, 0.15) is 16.1 Å². The summed E-state index contributed by atoms with van der Waals surface area (Å²) in [5.74, 6) is 0.823. The molecule has 0 saturated heterocycles. The largest absolute Gasteiger partial charge is 0.461 e. The van der Waals surface area contributed by atoms with Crippen molar-refractivity contribution in [2.24, 2.45) is 0 Å². The fraction of sp³-hybridized carbons (Fsp3) is 0.0417. The van der Waals surface area contributed by atoms with E-state index in [-0.39, 0.29) is 5.91 Å². The number of carbonyl (C=O) groups excluding carboxylic acids is 1. The average molecular weight is 422 g/mol. The van der Waals surface area contributed by atoms with Gasteiger partial charge in [-0.2, -0.15) is 0 Å². The summed E-state index contributed by atoms with van der Waals surface area (Å²) in [5.41, 5.74) is 4.10. The van der Waals surface area contributed by atoms with Crippen LogP contribution in [-0.2, 0) is 0 Å². The zero-order valence-electron chi connectivity index (χ0n) is 15.6. The van der Waals surface area contributed by atoms with Crippen molar-refractivity contribution in [2.75, 3.05) is 5.32 Å². The number of halogens is 2. The summed E-state index contributed by atoms with van der Waals surface area (Å²) in [6, 6.07) is 24.6. The maximum absolute atomic E-state index is 12.7. The lowest BCUT2D eigenvalue weighted by Gasteiger charge is -2.06. The number of hydrogen-bond donors (Lipinski definition) is 1. The monoisotopic (exact) mass is 421 g/mol. The molecule has 1 amide bonds. The van der Waals surface area contributed by atoms with Crippen LogP contribution in [0.4, 0.5) is 5.69 Å². The molecule has 3 nitrogen and oxygen atoms in total. The van der Waals surface area contributed by atoms with E-state index in [1.54, 1.807) is 31.2 Å². The summed E-state index contributed by atoms with van der Waals surface area (Å²) in [4.78, 5) is 12.7. The van der Waals surface area contributed by atoms with Crippen LogP contribution in [0.15, 0.2) is 83.3 Å². The summed E-state index contributed by atoms with van der Waals surface area (Å²) in [6.45, 7) is 1.75. The van der Waals surface area contributed by atoms with E-state index in [9.17, 15) is 4.79 Å². The van der Waals surface area contributed by atoms with Gasteiger partial charge in [0, 0.05) is 21.3 Å². The van der Waals surface area contributed by atoms with E-state index in [1.807, 2.05) is 54.6 Å². The number of aryl methyl sites for hydroxylation is 1. The van der Waals surface area contributed by atoms with Crippen molar-refractivity contribution < 1.29 is 9.21 Å². The molecule has 0 bridgehead atoms. The highest BCUT2D eigenvalue weighted by molar-refractivity contribution is 6.35. The van der Waals surface area contributed by atoms with Crippen LogP contribution in [0.3, 0.4) is 0 Å². The van der Waals surface area contributed by atoms with Crippen molar-refractivity contribution >= 4 is 34.8 Å². The number of anilines is 1. The standard InChI is InChI=1S/C24H17Cl2NO2/c1-15-22(14-23(29-15)18-11-19(25)13-20(26)12-18)24(28)27-21-9-7-17(8-10-21)16-5-3-2-4-6-16/h2-14H,1H3,(H,27,28). The van der Waals surface area contributed by atoms with Crippen molar-refractivity contribution in [3.8, 4) is 22.5 Å². The minimum absolute atomic E-state index is 0.238. The highest BCUT2D eigenvalue weighted by Gasteiger charge is 2.17. The third-order valence-electron chi connectivity index (χ3n) is 4.56. The molecular formula is C24H17Cl2NO2. The Labute approximate surface area is 178 Å². The maximum atomic E-state index is 12.7. The van der Waals surface area contributed by atoms with E-state index in [2.05, 4.69) is 5.32 Å². The number of carbonyl (C=O) groups is 1. The Morgan fingerprint density at radius 3 is 2.07 bits per heavy atom. The molecule has 0 atom stereocenters. The van der Waals surface area contributed by atoms with Crippen molar-refractivity contribution in [3.05, 3.63) is 100 Å². The minimum Gasteiger partial charge on any atom is -0.461 e. The minimum atomic E-state index is -0.238. The van der Waals surface area contributed by atoms with Crippen molar-refractivity contribution in [2.45, 2.75) is 6.92 Å². The molecule has 144 valence electrons. The third kappa shape index (κ3) is 4.37. The lowest BCUT2D eigenvalue weighted by molar-refractivity contribution is 0.102. The van der Waals surface area contributed by atoms with Gasteiger partial charge in [-0.25, -0.2) is 0 Å². The van der Waals surface area contributed by atoms with Gasteiger partial charge in [0.25, 0.3) is 5.91 Å². The number of furan rings is 1. The summed E-state index contributed by atoms with van der Waals surface area (Å²) in [5, 5.41) is 3.93. The molecule has 1 N–H and O–H groups in total. The zero-order chi connectivity index (χ0) is 20.4. The first-order valence-electron chi connectivity index (χ1n) is 9.03. The molecule has 0 unspecified atom stereocenters. The number of nitrogens with one attached hydrogen (secondary N) is 1. The predicted molar refractivity (Wildman–Crippen MR) is 119 cm³/mol. The molecule has 4 aromatic rings. The van der Waals surface area contributed by atoms with Crippen LogP contribution >= 0.6 is 23.2 Å². The second-order valence-corrected chi connectivity index (χ2v) is 7.51. The Balaban J connectivity index is 1.54. The average Bonchev–Trinajstić information content (AvgIpc) is 3.10. The molecule has 0 fully saturated rings. The topological polar surface area (TPSA) is 42.2 Å². The van der Waals surface area contributed by atoms with Gasteiger partial charge in [-0.3, -0.25) is 4.79 Å². The van der Waals surface area contributed by atoms with Crippen LogP contribution in [0, 0.1) is 6.92 Å². The van der Waals surface area contributed by atoms with Crippen LogP contribution in [0.2, 0.25) is 10.0 Å². The van der Waals surface area contributed by atoms with Crippen molar-refractivity contribution in [1.29, 1.82) is 0 Å². The van der Waals surface area contributed by atoms with Crippen LogP contribution < -0.4 is 5.32 Å². The molecule has 1 aromatic heterocycles. The van der Waals surface area contributed by atoms with Gasteiger partial charge in [0.05, 0.1) is 5.56 Å². The first-order chi connectivity index (χ1) is 14.0. The van der Waals surface area contributed by atoms with Gasteiger partial charge in [0.1, 0.15) is 11.5 Å². The van der Waals surface area contributed by atoms with Crippen molar-refractivity contribution in [3.63, 3.8) is 0 Å². The molecule has 0 aliphatic carbocycles. The summed E-state index contributed by atoms with van der Waals surface area (Å²) in [6.07, 6.45) is 0. The Kier molecular flexibility index (Phi) is 5.43. The third-order valence-corrected chi connectivity index (χ3v) is 5.00. The molecule has 0 aliphatic heterocycles. The molecule has 0 saturated carbocycles. The van der Waals surface area contributed by atoms with Crippen LogP contribution in [-0.4, -0.2) is 5.91 Å². The van der Waals surface area contributed by atoms with Crippen molar-refractivity contribution in [1.82, 2.24) is 0 Å². The van der Waals surface area contributed by atoms with E-state index < -0.39 is 0 Å². The Morgan fingerprint density at radius 2 is 1.41 bits per heavy atom. The lowest BCUT2D eigenvalue weighted by Crippen LogP contribution is -2.11. The SMILES string of the molecule is Cc1oc(-c2cc(Cl)cc(Cl)c2)cc1C(=O)Nc1ccc(-c2ccccc2)cc1. The van der Waals surface area contributed by atoms with Gasteiger partial charge in [-0.1, -0.05) is 65.7 Å². The molecule has 3 aromatic carbocycles. The second-order valence-electron chi connectivity index (χ2n) is 6.64. The lowest BCUT2D eigenvalue weighted by atomic mass is 10.1.